The molecule has 0 unspecified atom stereocenters. The first-order valence-electron chi connectivity index (χ1n) is 7.55. The van der Waals surface area contributed by atoms with Gasteiger partial charge in [-0.3, -0.25) is 4.79 Å². The minimum absolute atomic E-state index is 0.162. The van der Waals surface area contributed by atoms with Crippen molar-refractivity contribution < 1.29 is 9.21 Å². The summed E-state index contributed by atoms with van der Waals surface area (Å²) in [4.78, 5) is 12.0. The molecule has 6 heteroatoms. The Labute approximate surface area is 144 Å². The van der Waals surface area contributed by atoms with Gasteiger partial charge in [-0.25, -0.2) is 0 Å². The lowest BCUT2D eigenvalue weighted by Crippen LogP contribution is -2.25. The second-order valence-electron chi connectivity index (χ2n) is 5.38. The summed E-state index contributed by atoms with van der Waals surface area (Å²) in [6.07, 6.45) is 0.470. The number of nitrogens with one attached hydrogen (secondary N) is 1. The minimum Gasteiger partial charge on any atom is -0.421 e. The lowest BCUT2D eigenvalue weighted by molar-refractivity contribution is 0.0953. The Morgan fingerprint density at radius 1 is 1.17 bits per heavy atom. The van der Waals surface area contributed by atoms with E-state index in [0.717, 1.165) is 11.1 Å². The molecule has 0 aliphatic rings. The summed E-state index contributed by atoms with van der Waals surface area (Å²) in [5.74, 6) is 0.811. The van der Waals surface area contributed by atoms with Crippen LogP contribution in [0.4, 0.5) is 0 Å². The van der Waals surface area contributed by atoms with Gasteiger partial charge in [-0.15, -0.1) is 10.2 Å². The van der Waals surface area contributed by atoms with E-state index >= 15 is 0 Å². The molecule has 0 atom stereocenters. The first kappa shape index (κ1) is 16.2. The molecule has 0 saturated heterocycles. The van der Waals surface area contributed by atoms with Gasteiger partial charge in [0.1, 0.15) is 0 Å². The Bertz CT molecular complexity index is 843. The molecule has 0 aliphatic heterocycles. The molecule has 122 valence electrons. The highest BCUT2D eigenvalue weighted by molar-refractivity contribution is 6.30. The first-order valence-corrected chi connectivity index (χ1v) is 7.93. The maximum Gasteiger partial charge on any atom is 0.251 e. The number of carbonyl (C=O) groups excluding carboxylic acids is 1. The quantitative estimate of drug-likeness (QED) is 0.768. The lowest BCUT2D eigenvalue weighted by atomic mass is 10.1. The summed E-state index contributed by atoms with van der Waals surface area (Å²) < 4.78 is 5.64. The second-order valence-corrected chi connectivity index (χ2v) is 5.82. The van der Waals surface area contributed by atoms with Gasteiger partial charge in [0.15, 0.2) is 0 Å². The minimum atomic E-state index is -0.162. The number of benzene rings is 2. The molecule has 0 spiro atoms. The van der Waals surface area contributed by atoms with Crippen LogP contribution in [-0.4, -0.2) is 22.6 Å². The van der Waals surface area contributed by atoms with Crippen molar-refractivity contribution in [1.29, 1.82) is 0 Å². The smallest absolute Gasteiger partial charge is 0.251 e. The molecular formula is C18H16ClN3O2. The Kier molecular flexibility index (Phi) is 4.91. The van der Waals surface area contributed by atoms with Crippen molar-refractivity contribution >= 4 is 17.5 Å². The van der Waals surface area contributed by atoms with Crippen molar-refractivity contribution in [2.45, 2.75) is 13.3 Å². The lowest BCUT2D eigenvalue weighted by Gasteiger charge is -2.03. The molecule has 0 bridgehead atoms. The molecule has 1 N–H and O–H groups in total. The fraction of sp³-hybridized carbons (Fsp3) is 0.167. The Balaban J connectivity index is 1.56. The zero-order chi connectivity index (χ0) is 16.9. The van der Waals surface area contributed by atoms with E-state index in [4.69, 9.17) is 16.0 Å². The van der Waals surface area contributed by atoms with Crippen molar-refractivity contribution in [3.05, 3.63) is 70.6 Å². The molecule has 1 aromatic heterocycles. The molecule has 0 saturated carbocycles. The van der Waals surface area contributed by atoms with Crippen LogP contribution in [0.5, 0.6) is 0 Å². The molecule has 5 nitrogen and oxygen atoms in total. The van der Waals surface area contributed by atoms with Crippen molar-refractivity contribution in [3.63, 3.8) is 0 Å². The average Bonchev–Trinajstić information content (AvgIpc) is 3.04. The van der Waals surface area contributed by atoms with Gasteiger partial charge < -0.3 is 9.73 Å². The molecule has 2 aromatic carbocycles. The summed E-state index contributed by atoms with van der Waals surface area (Å²) in [5.41, 5.74) is 2.58. The van der Waals surface area contributed by atoms with Crippen molar-refractivity contribution in [2.75, 3.05) is 6.54 Å². The Morgan fingerprint density at radius 3 is 2.71 bits per heavy atom. The fourth-order valence-corrected chi connectivity index (χ4v) is 2.36. The van der Waals surface area contributed by atoms with Crippen LogP contribution in [-0.2, 0) is 6.42 Å². The highest BCUT2D eigenvalue weighted by Gasteiger charge is 2.10. The molecule has 3 rings (SSSR count). The van der Waals surface area contributed by atoms with Gasteiger partial charge in [0.2, 0.25) is 11.8 Å². The zero-order valence-corrected chi connectivity index (χ0v) is 13.9. The number of amides is 1. The summed E-state index contributed by atoms with van der Waals surface area (Å²) in [6, 6.07) is 14.6. The predicted molar refractivity (Wildman–Crippen MR) is 92.0 cm³/mol. The SMILES string of the molecule is Cc1cccc(-c2nnc(CCNC(=O)c3ccc(Cl)cc3)o2)c1. The van der Waals surface area contributed by atoms with Crippen LogP contribution in [0.2, 0.25) is 5.02 Å². The topological polar surface area (TPSA) is 68.0 Å². The van der Waals surface area contributed by atoms with E-state index in [9.17, 15) is 4.79 Å². The van der Waals surface area contributed by atoms with Crippen LogP contribution in [0.3, 0.4) is 0 Å². The monoisotopic (exact) mass is 341 g/mol. The molecule has 0 aliphatic carbocycles. The van der Waals surface area contributed by atoms with Crippen LogP contribution < -0.4 is 5.32 Å². The highest BCUT2D eigenvalue weighted by atomic mass is 35.5. The normalized spacial score (nSPS) is 10.6. The zero-order valence-electron chi connectivity index (χ0n) is 13.1. The summed E-state index contributed by atoms with van der Waals surface area (Å²) in [5, 5.41) is 11.5. The van der Waals surface area contributed by atoms with Gasteiger partial charge in [-0.05, 0) is 43.3 Å². The van der Waals surface area contributed by atoms with Crippen molar-refractivity contribution in [2.24, 2.45) is 0 Å². The third kappa shape index (κ3) is 4.00. The van der Waals surface area contributed by atoms with Gasteiger partial charge >= 0.3 is 0 Å². The summed E-state index contributed by atoms with van der Waals surface area (Å²) in [6.45, 7) is 2.42. The molecule has 1 amide bonds. The average molecular weight is 342 g/mol. The largest absolute Gasteiger partial charge is 0.421 e. The molecule has 24 heavy (non-hydrogen) atoms. The van der Waals surface area contributed by atoms with Crippen LogP contribution in [0.15, 0.2) is 52.9 Å². The molecule has 3 aromatic rings. The number of halogens is 1. The van der Waals surface area contributed by atoms with E-state index < -0.39 is 0 Å². The van der Waals surface area contributed by atoms with Crippen LogP contribution in [0.1, 0.15) is 21.8 Å². The predicted octanol–water partition coefficient (Wildman–Crippen LogP) is 3.67. The van der Waals surface area contributed by atoms with E-state index in [1.807, 2.05) is 31.2 Å². The Hall–Kier alpha value is -2.66. The third-order valence-corrected chi connectivity index (χ3v) is 3.71. The maximum absolute atomic E-state index is 12.0. The Morgan fingerprint density at radius 2 is 1.96 bits per heavy atom. The van der Waals surface area contributed by atoms with E-state index in [1.54, 1.807) is 24.3 Å². The second kappa shape index (κ2) is 7.27. The van der Waals surface area contributed by atoms with E-state index in [1.165, 1.54) is 0 Å². The van der Waals surface area contributed by atoms with E-state index in [0.29, 0.717) is 35.3 Å². The molecular weight excluding hydrogens is 326 g/mol. The van der Waals surface area contributed by atoms with Crippen LogP contribution in [0, 0.1) is 6.92 Å². The molecule has 1 heterocycles. The highest BCUT2D eigenvalue weighted by Crippen LogP contribution is 2.18. The van der Waals surface area contributed by atoms with Crippen LogP contribution >= 0.6 is 11.6 Å². The first-order chi connectivity index (χ1) is 11.6. The van der Waals surface area contributed by atoms with Gasteiger partial charge in [-0.1, -0.05) is 29.3 Å². The number of aromatic nitrogens is 2. The summed E-state index contributed by atoms with van der Waals surface area (Å²) >= 11 is 5.80. The maximum atomic E-state index is 12.0. The number of carbonyl (C=O) groups is 1. The van der Waals surface area contributed by atoms with E-state index in [2.05, 4.69) is 15.5 Å². The van der Waals surface area contributed by atoms with Gasteiger partial charge in [0.05, 0.1) is 0 Å². The van der Waals surface area contributed by atoms with Gasteiger partial charge in [-0.2, -0.15) is 0 Å². The third-order valence-electron chi connectivity index (χ3n) is 3.46. The van der Waals surface area contributed by atoms with E-state index in [-0.39, 0.29) is 5.91 Å². The number of hydrogen-bond donors (Lipinski definition) is 1. The number of aryl methyl sites for hydroxylation is 1. The molecule has 0 fully saturated rings. The number of hydrogen-bond acceptors (Lipinski definition) is 4. The van der Waals surface area contributed by atoms with Gasteiger partial charge in [0, 0.05) is 29.1 Å². The fourth-order valence-electron chi connectivity index (χ4n) is 2.24. The van der Waals surface area contributed by atoms with Crippen LogP contribution in [0.25, 0.3) is 11.5 Å². The summed E-state index contributed by atoms with van der Waals surface area (Å²) in [7, 11) is 0. The molecule has 0 radical (unpaired) electrons. The standard InChI is InChI=1S/C18H16ClN3O2/c1-12-3-2-4-14(11-12)18-22-21-16(24-18)9-10-20-17(23)13-5-7-15(19)8-6-13/h2-8,11H,9-10H2,1H3,(H,20,23). The van der Waals surface area contributed by atoms with Gasteiger partial charge in [0.25, 0.3) is 5.91 Å². The number of nitrogens with zero attached hydrogens (tertiary/aromatic N) is 2. The van der Waals surface area contributed by atoms with Crippen molar-refractivity contribution in [1.82, 2.24) is 15.5 Å². The number of rotatable bonds is 5. The van der Waals surface area contributed by atoms with Crippen molar-refractivity contribution in [3.8, 4) is 11.5 Å².